The molecule has 2 aliphatic heterocycles. The van der Waals surface area contributed by atoms with E-state index in [1.54, 1.807) is 16.2 Å². The van der Waals surface area contributed by atoms with Gasteiger partial charge in [-0.25, -0.2) is 4.98 Å². The average Bonchev–Trinajstić information content (AvgIpc) is 3.28. The Kier molecular flexibility index (Phi) is 4.17. The van der Waals surface area contributed by atoms with E-state index in [1.165, 1.54) is 0 Å². The standard InChI is InChI=1S/C18H19N3O3S/c1-12-19-14(11-25-12)13-4-5-16-15(8-13)21(18(23)10-24-16)9-17(22)20-6-2-3-7-20/h4-5,8,11H,2-3,6-7,9-10H2,1H3. The van der Waals surface area contributed by atoms with Crippen molar-refractivity contribution in [1.29, 1.82) is 0 Å². The summed E-state index contributed by atoms with van der Waals surface area (Å²) in [7, 11) is 0. The van der Waals surface area contributed by atoms with Crippen LogP contribution in [0.3, 0.4) is 0 Å². The number of carbonyl (C=O) groups excluding carboxylic acids is 2. The fraction of sp³-hybridized carbons (Fsp3) is 0.389. The van der Waals surface area contributed by atoms with Gasteiger partial charge in [-0.05, 0) is 38.0 Å². The molecule has 0 atom stereocenters. The molecule has 2 aliphatic rings. The van der Waals surface area contributed by atoms with Gasteiger partial charge in [-0.15, -0.1) is 11.3 Å². The Morgan fingerprint density at radius 1 is 1.32 bits per heavy atom. The SMILES string of the molecule is Cc1nc(-c2ccc3c(c2)N(CC(=O)N2CCCC2)C(=O)CO3)cs1. The first-order valence-corrected chi connectivity index (χ1v) is 9.27. The lowest BCUT2D eigenvalue weighted by Gasteiger charge is -2.30. The minimum Gasteiger partial charge on any atom is -0.482 e. The lowest BCUT2D eigenvalue weighted by molar-refractivity contribution is -0.131. The maximum absolute atomic E-state index is 12.5. The Morgan fingerprint density at radius 3 is 2.84 bits per heavy atom. The van der Waals surface area contributed by atoms with E-state index in [4.69, 9.17) is 4.74 Å². The maximum Gasteiger partial charge on any atom is 0.265 e. The van der Waals surface area contributed by atoms with Gasteiger partial charge in [-0.3, -0.25) is 14.5 Å². The number of rotatable bonds is 3. The van der Waals surface area contributed by atoms with E-state index in [0.717, 1.165) is 42.2 Å². The number of benzene rings is 1. The lowest BCUT2D eigenvalue weighted by atomic mass is 10.1. The average molecular weight is 357 g/mol. The molecule has 2 amide bonds. The van der Waals surface area contributed by atoms with Gasteiger partial charge in [-0.2, -0.15) is 0 Å². The second-order valence-corrected chi connectivity index (χ2v) is 7.35. The Labute approximate surface area is 150 Å². The zero-order valence-electron chi connectivity index (χ0n) is 14.0. The van der Waals surface area contributed by atoms with Crippen molar-refractivity contribution < 1.29 is 14.3 Å². The molecule has 7 heteroatoms. The van der Waals surface area contributed by atoms with E-state index < -0.39 is 0 Å². The van der Waals surface area contributed by atoms with Crippen molar-refractivity contribution in [3.8, 4) is 17.0 Å². The van der Waals surface area contributed by atoms with Crippen LogP contribution in [-0.4, -0.2) is 47.9 Å². The number of amides is 2. The highest BCUT2D eigenvalue weighted by Gasteiger charge is 2.30. The van der Waals surface area contributed by atoms with Crippen molar-refractivity contribution in [2.45, 2.75) is 19.8 Å². The monoisotopic (exact) mass is 357 g/mol. The van der Waals surface area contributed by atoms with Gasteiger partial charge >= 0.3 is 0 Å². The van der Waals surface area contributed by atoms with Crippen molar-refractivity contribution in [2.75, 3.05) is 31.1 Å². The molecule has 0 unspecified atom stereocenters. The summed E-state index contributed by atoms with van der Waals surface area (Å²) >= 11 is 1.58. The molecule has 1 saturated heterocycles. The molecule has 0 bridgehead atoms. The zero-order chi connectivity index (χ0) is 17.4. The molecule has 0 spiro atoms. The molecule has 4 rings (SSSR count). The fourth-order valence-corrected chi connectivity index (χ4v) is 3.85. The quantitative estimate of drug-likeness (QED) is 0.847. The molecule has 6 nitrogen and oxygen atoms in total. The first-order chi connectivity index (χ1) is 12.1. The van der Waals surface area contributed by atoms with E-state index in [9.17, 15) is 9.59 Å². The molecule has 1 aromatic carbocycles. The number of likely N-dealkylation sites (tertiary alicyclic amines) is 1. The van der Waals surface area contributed by atoms with Crippen LogP contribution >= 0.6 is 11.3 Å². The minimum atomic E-state index is -0.188. The highest BCUT2D eigenvalue weighted by atomic mass is 32.1. The molecule has 0 radical (unpaired) electrons. The number of aromatic nitrogens is 1. The second-order valence-electron chi connectivity index (χ2n) is 6.29. The van der Waals surface area contributed by atoms with Crippen molar-refractivity contribution in [3.63, 3.8) is 0 Å². The summed E-state index contributed by atoms with van der Waals surface area (Å²) in [6, 6.07) is 5.67. The zero-order valence-corrected chi connectivity index (χ0v) is 14.8. The number of aryl methyl sites for hydroxylation is 1. The summed E-state index contributed by atoms with van der Waals surface area (Å²) < 4.78 is 5.54. The number of ether oxygens (including phenoxy) is 1. The third-order valence-electron chi connectivity index (χ3n) is 4.57. The molecule has 0 aliphatic carbocycles. The van der Waals surface area contributed by atoms with Crippen LogP contribution in [0, 0.1) is 6.92 Å². The first kappa shape index (κ1) is 16.1. The Balaban J connectivity index is 1.64. The van der Waals surface area contributed by atoms with E-state index in [-0.39, 0.29) is 25.0 Å². The van der Waals surface area contributed by atoms with E-state index in [1.807, 2.05) is 35.4 Å². The Hall–Kier alpha value is -2.41. The van der Waals surface area contributed by atoms with E-state index >= 15 is 0 Å². The molecule has 1 fully saturated rings. The topological polar surface area (TPSA) is 62.7 Å². The predicted molar refractivity (Wildman–Crippen MR) is 95.9 cm³/mol. The summed E-state index contributed by atoms with van der Waals surface area (Å²) in [5.41, 5.74) is 2.43. The molecule has 1 aromatic heterocycles. The van der Waals surface area contributed by atoms with Gasteiger partial charge in [-0.1, -0.05) is 0 Å². The number of hydrogen-bond acceptors (Lipinski definition) is 5. The van der Waals surface area contributed by atoms with Crippen LogP contribution in [0.25, 0.3) is 11.3 Å². The third-order valence-corrected chi connectivity index (χ3v) is 5.34. The molecule has 130 valence electrons. The third kappa shape index (κ3) is 3.11. The highest BCUT2D eigenvalue weighted by molar-refractivity contribution is 7.09. The Bertz CT molecular complexity index is 827. The lowest BCUT2D eigenvalue weighted by Crippen LogP contribution is -2.45. The van der Waals surface area contributed by atoms with Crippen molar-refractivity contribution in [2.24, 2.45) is 0 Å². The number of fused-ring (bicyclic) bond motifs is 1. The van der Waals surface area contributed by atoms with Gasteiger partial charge in [0.25, 0.3) is 5.91 Å². The number of carbonyl (C=O) groups is 2. The fourth-order valence-electron chi connectivity index (χ4n) is 3.23. The molecule has 2 aromatic rings. The normalized spacial score (nSPS) is 16.8. The number of nitrogens with zero attached hydrogens (tertiary/aromatic N) is 3. The van der Waals surface area contributed by atoms with Gasteiger partial charge in [0.1, 0.15) is 12.3 Å². The van der Waals surface area contributed by atoms with Crippen LogP contribution in [0.4, 0.5) is 5.69 Å². The smallest absolute Gasteiger partial charge is 0.265 e. The number of anilines is 1. The summed E-state index contributed by atoms with van der Waals surface area (Å²) in [5.74, 6) is 0.435. The molecular weight excluding hydrogens is 338 g/mol. The van der Waals surface area contributed by atoms with E-state index in [0.29, 0.717) is 11.4 Å². The molecular formula is C18H19N3O3S. The summed E-state index contributed by atoms with van der Waals surface area (Å²) in [6.45, 7) is 3.55. The van der Waals surface area contributed by atoms with Gasteiger partial charge in [0.05, 0.1) is 16.4 Å². The van der Waals surface area contributed by atoms with E-state index in [2.05, 4.69) is 4.98 Å². The second kappa shape index (κ2) is 6.48. The van der Waals surface area contributed by atoms with Gasteiger partial charge in [0.2, 0.25) is 5.91 Å². The molecule has 3 heterocycles. The van der Waals surface area contributed by atoms with Crippen LogP contribution in [-0.2, 0) is 9.59 Å². The van der Waals surface area contributed by atoms with Gasteiger partial charge < -0.3 is 9.64 Å². The summed E-state index contributed by atoms with van der Waals surface area (Å²) in [6.07, 6.45) is 2.07. The number of hydrogen-bond donors (Lipinski definition) is 0. The van der Waals surface area contributed by atoms with Crippen molar-refractivity contribution in [3.05, 3.63) is 28.6 Å². The van der Waals surface area contributed by atoms with Gasteiger partial charge in [0.15, 0.2) is 6.61 Å². The predicted octanol–water partition coefficient (Wildman–Crippen LogP) is 2.47. The van der Waals surface area contributed by atoms with Crippen LogP contribution in [0.5, 0.6) is 5.75 Å². The van der Waals surface area contributed by atoms with Crippen LogP contribution in [0.2, 0.25) is 0 Å². The summed E-state index contributed by atoms with van der Waals surface area (Å²) in [4.78, 5) is 32.8. The largest absolute Gasteiger partial charge is 0.482 e. The minimum absolute atomic E-state index is 0.00592. The summed E-state index contributed by atoms with van der Waals surface area (Å²) in [5, 5.41) is 2.98. The maximum atomic E-state index is 12.5. The first-order valence-electron chi connectivity index (χ1n) is 8.39. The molecule has 0 saturated carbocycles. The van der Waals surface area contributed by atoms with Crippen LogP contribution < -0.4 is 9.64 Å². The van der Waals surface area contributed by atoms with Crippen LogP contribution in [0.1, 0.15) is 17.8 Å². The highest BCUT2D eigenvalue weighted by Crippen LogP contribution is 2.36. The van der Waals surface area contributed by atoms with Crippen LogP contribution in [0.15, 0.2) is 23.6 Å². The molecule has 0 N–H and O–H groups in total. The Morgan fingerprint density at radius 2 is 2.12 bits per heavy atom. The van der Waals surface area contributed by atoms with Gasteiger partial charge in [0, 0.05) is 24.0 Å². The molecule has 25 heavy (non-hydrogen) atoms. The number of thiazole rings is 1. The van der Waals surface area contributed by atoms with Crippen molar-refractivity contribution >= 4 is 28.8 Å². The van der Waals surface area contributed by atoms with Crippen molar-refractivity contribution in [1.82, 2.24) is 9.88 Å².